The van der Waals surface area contributed by atoms with Crippen LogP contribution in [0.15, 0.2) is 10.4 Å². The molecule has 0 aliphatic carbocycles. The van der Waals surface area contributed by atoms with E-state index in [1.165, 1.54) is 5.41 Å². The van der Waals surface area contributed by atoms with Crippen LogP contribution in [0.2, 0.25) is 0 Å². The van der Waals surface area contributed by atoms with E-state index in [4.69, 9.17) is 39.9 Å². The molecule has 0 bridgehead atoms. The van der Waals surface area contributed by atoms with Gasteiger partial charge in [0, 0.05) is 5.03 Å². The number of hydrogen-bond acceptors (Lipinski definition) is 2. The third kappa shape index (κ3) is 1.96. The maximum Gasteiger partial charge on any atom is 0.337 e. The molecular weight excluding hydrogens is 266 g/mol. The number of carboxylic acids is 1. The lowest BCUT2D eigenvalue weighted by Crippen LogP contribution is -2.35. The van der Waals surface area contributed by atoms with Crippen LogP contribution in [-0.4, -0.2) is 20.7 Å². The topological polar surface area (TPSA) is 37.3 Å². The van der Waals surface area contributed by atoms with Gasteiger partial charge in [0.05, 0.1) is 0 Å². The van der Waals surface area contributed by atoms with E-state index in [0.717, 1.165) is 11.8 Å². The zero-order valence-electron chi connectivity index (χ0n) is 5.46. The third-order valence-corrected chi connectivity index (χ3v) is 4.35. The third-order valence-electron chi connectivity index (χ3n) is 1.20. The van der Waals surface area contributed by atoms with Crippen LogP contribution >= 0.6 is 59.0 Å². The van der Waals surface area contributed by atoms with Crippen molar-refractivity contribution in [3.63, 3.8) is 0 Å². The second-order valence-corrected chi connectivity index (χ2v) is 4.74. The fraction of sp³-hybridized carbons (Fsp3) is 0.400. The van der Waals surface area contributed by atoms with Gasteiger partial charge in [0.15, 0.2) is 0 Å². The molecule has 1 N–H and O–H groups in total. The first-order chi connectivity index (χ1) is 4.98. The second-order valence-electron chi connectivity index (χ2n) is 1.93. The average Bonchev–Trinajstić information content (AvgIpc) is 2.18. The number of thioether (sulfide) groups is 1. The number of rotatable bonds is 1. The van der Waals surface area contributed by atoms with Crippen molar-refractivity contribution in [2.45, 2.75) is 9.58 Å². The predicted molar refractivity (Wildman–Crippen MR) is 54.6 cm³/mol. The summed E-state index contributed by atoms with van der Waals surface area (Å²) in [6, 6.07) is 0. The SMILES string of the molecule is Cl.O=C(O)C1(Cl)SC=C(Cl)C1Cl. The highest BCUT2D eigenvalue weighted by molar-refractivity contribution is 8.06. The van der Waals surface area contributed by atoms with E-state index in [1.807, 2.05) is 0 Å². The van der Waals surface area contributed by atoms with Gasteiger partial charge in [0.1, 0.15) is 5.38 Å². The zero-order valence-corrected chi connectivity index (χ0v) is 9.36. The van der Waals surface area contributed by atoms with Gasteiger partial charge in [0.25, 0.3) is 0 Å². The highest BCUT2D eigenvalue weighted by atomic mass is 35.5. The lowest BCUT2D eigenvalue weighted by atomic mass is 10.3. The van der Waals surface area contributed by atoms with Gasteiger partial charge in [-0.1, -0.05) is 35.0 Å². The molecule has 70 valence electrons. The van der Waals surface area contributed by atoms with Crippen LogP contribution < -0.4 is 0 Å². The van der Waals surface area contributed by atoms with E-state index in [1.54, 1.807) is 0 Å². The maximum atomic E-state index is 10.6. The summed E-state index contributed by atoms with van der Waals surface area (Å²) in [4.78, 5) is 10.6. The van der Waals surface area contributed by atoms with Crippen LogP contribution in [0.5, 0.6) is 0 Å². The minimum absolute atomic E-state index is 0. The fourth-order valence-corrected chi connectivity index (χ4v) is 2.42. The molecule has 1 aliphatic heterocycles. The first kappa shape index (κ1) is 12.7. The van der Waals surface area contributed by atoms with Crippen molar-refractivity contribution in [1.82, 2.24) is 0 Å². The Labute approximate surface area is 94.6 Å². The summed E-state index contributed by atoms with van der Waals surface area (Å²) in [7, 11) is 0. The summed E-state index contributed by atoms with van der Waals surface area (Å²) in [6.45, 7) is 0. The summed E-state index contributed by atoms with van der Waals surface area (Å²) in [5, 5.41) is 9.50. The number of carbonyl (C=O) groups is 1. The number of halogens is 4. The first-order valence-electron chi connectivity index (χ1n) is 2.58. The Bertz CT molecular complexity index is 231. The van der Waals surface area contributed by atoms with Gasteiger partial charge in [-0.15, -0.1) is 24.0 Å². The van der Waals surface area contributed by atoms with Gasteiger partial charge in [0.2, 0.25) is 4.21 Å². The summed E-state index contributed by atoms with van der Waals surface area (Å²) in [6.07, 6.45) is 0. The average molecular weight is 270 g/mol. The van der Waals surface area contributed by atoms with Crippen LogP contribution in [0.4, 0.5) is 0 Å². The van der Waals surface area contributed by atoms with E-state index in [0.29, 0.717) is 0 Å². The largest absolute Gasteiger partial charge is 0.479 e. The van der Waals surface area contributed by atoms with Crippen LogP contribution in [0.3, 0.4) is 0 Å². The second kappa shape index (κ2) is 4.29. The van der Waals surface area contributed by atoms with Gasteiger partial charge in [-0.2, -0.15) is 0 Å². The lowest BCUT2D eigenvalue weighted by Gasteiger charge is -2.18. The van der Waals surface area contributed by atoms with E-state index in [-0.39, 0.29) is 17.4 Å². The Balaban J connectivity index is 0.00000121. The molecule has 0 aromatic carbocycles. The van der Waals surface area contributed by atoms with Gasteiger partial charge in [-0.05, 0) is 5.41 Å². The first-order valence-corrected chi connectivity index (χ1v) is 4.65. The molecule has 0 saturated carbocycles. The van der Waals surface area contributed by atoms with E-state index < -0.39 is 15.6 Å². The zero-order chi connectivity index (χ0) is 8.65. The van der Waals surface area contributed by atoms with Crippen molar-refractivity contribution < 1.29 is 9.90 Å². The van der Waals surface area contributed by atoms with Crippen molar-refractivity contribution >= 4 is 64.9 Å². The Morgan fingerprint density at radius 3 is 2.42 bits per heavy atom. The molecule has 0 aromatic heterocycles. The molecule has 1 rings (SSSR count). The molecule has 0 aromatic rings. The fourth-order valence-electron chi connectivity index (χ4n) is 0.598. The van der Waals surface area contributed by atoms with Gasteiger partial charge in [-0.3, -0.25) is 0 Å². The maximum absolute atomic E-state index is 10.6. The highest BCUT2D eigenvalue weighted by Gasteiger charge is 2.49. The lowest BCUT2D eigenvalue weighted by molar-refractivity contribution is -0.137. The molecule has 2 unspecified atom stereocenters. The van der Waals surface area contributed by atoms with Crippen molar-refractivity contribution in [3.8, 4) is 0 Å². The summed E-state index contributed by atoms with van der Waals surface area (Å²) < 4.78 is -1.53. The van der Waals surface area contributed by atoms with Gasteiger partial charge in [-0.25, -0.2) is 4.79 Å². The van der Waals surface area contributed by atoms with E-state index >= 15 is 0 Å². The predicted octanol–water partition coefficient (Wildman–Crippen LogP) is 2.86. The molecule has 1 heterocycles. The minimum Gasteiger partial charge on any atom is -0.479 e. The molecule has 0 amide bonds. The normalized spacial score (nSPS) is 33.9. The molecule has 12 heavy (non-hydrogen) atoms. The molecule has 2 atom stereocenters. The number of hydrogen-bond donors (Lipinski definition) is 1. The Morgan fingerprint density at radius 1 is 1.75 bits per heavy atom. The van der Waals surface area contributed by atoms with E-state index in [9.17, 15) is 4.79 Å². The molecule has 1 aliphatic rings. The quantitative estimate of drug-likeness (QED) is 0.744. The van der Waals surface area contributed by atoms with E-state index in [2.05, 4.69) is 0 Å². The number of carboxylic acid groups (broad SMARTS) is 1. The Hall–Kier alpha value is 0.720. The molecule has 2 nitrogen and oxygen atoms in total. The molecule has 0 radical (unpaired) electrons. The minimum atomic E-state index is -1.53. The molecule has 0 saturated heterocycles. The summed E-state index contributed by atoms with van der Waals surface area (Å²) >= 11 is 17.7. The van der Waals surface area contributed by atoms with Crippen LogP contribution in [-0.2, 0) is 4.79 Å². The molecule has 7 heteroatoms. The van der Waals surface area contributed by atoms with Gasteiger partial charge < -0.3 is 5.11 Å². The number of alkyl halides is 2. The van der Waals surface area contributed by atoms with Crippen molar-refractivity contribution in [1.29, 1.82) is 0 Å². The smallest absolute Gasteiger partial charge is 0.337 e. The Morgan fingerprint density at radius 2 is 2.25 bits per heavy atom. The molecular formula is C5H4Cl4O2S. The standard InChI is InChI=1S/C5H3Cl3O2S.ClH/c6-2-1-11-5(8,3(2)7)4(9)10;/h1,3H,(H,9,10);1H. The van der Waals surface area contributed by atoms with Crippen molar-refractivity contribution in [2.75, 3.05) is 0 Å². The molecule has 0 spiro atoms. The van der Waals surface area contributed by atoms with Crippen LogP contribution in [0, 0.1) is 0 Å². The monoisotopic (exact) mass is 268 g/mol. The Kier molecular flexibility index (Phi) is 4.55. The molecule has 0 fully saturated rings. The highest BCUT2D eigenvalue weighted by Crippen LogP contribution is 2.48. The van der Waals surface area contributed by atoms with Crippen molar-refractivity contribution in [3.05, 3.63) is 10.4 Å². The van der Waals surface area contributed by atoms with Gasteiger partial charge >= 0.3 is 5.97 Å². The summed E-state index contributed by atoms with van der Waals surface area (Å²) in [5.74, 6) is -1.17. The summed E-state index contributed by atoms with van der Waals surface area (Å²) in [5.41, 5.74) is 0. The number of aliphatic carboxylic acids is 1. The van der Waals surface area contributed by atoms with Crippen molar-refractivity contribution in [2.24, 2.45) is 0 Å². The van der Waals surface area contributed by atoms with Crippen LogP contribution in [0.25, 0.3) is 0 Å². The van der Waals surface area contributed by atoms with Crippen LogP contribution in [0.1, 0.15) is 0 Å². The number of allylic oxidation sites excluding steroid dienone is 1.